The van der Waals surface area contributed by atoms with Gasteiger partial charge in [-0.15, -0.1) is 0 Å². The van der Waals surface area contributed by atoms with Gasteiger partial charge in [0.15, 0.2) is 0 Å². The van der Waals surface area contributed by atoms with E-state index in [4.69, 9.17) is 9.47 Å². The third-order valence-corrected chi connectivity index (χ3v) is 6.27. The largest absolute Gasteiger partial charge is 0.496 e. The van der Waals surface area contributed by atoms with E-state index in [1.807, 2.05) is 35.2 Å². The van der Waals surface area contributed by atoms with Crippen molar-refractivity contribution in [3.63, 3.8) is 0 Å². The molecule has 7 nitrogen and oxygen atoms in total. The number of amides is 1. The fourth-order valence-corrected chi connectivity index (χ4v) is 4.51. The summed E-state index contributed by atoms with van der Waals surface area (Å²) in [5.74, 6) is 0.770. The van der Waals surface area contributed by atoms with Gasteiger partial charge in [-0.05, 0) is 43.9 Å². The van der Waals surface area contributed by atoms with E-state index >= 15 is 0 Å². The van der Waals surface area contributed by atoms with Crippen LogP contribution in [0.3, 0.4) is 0 Å². The number of ether oxygens (including phenoxy) is 2. The quantitative estimate of drug-likeness (QED) is 0.839. The van der Waals surface area contributed by atoms with Crippen molar-refractivity contribution in [3.8, 4) is 17.0 Å². The van der Waals surface area contributed by atoms with Gasteiger partial charge in [-0.2, -0.15) is 5.10 Å². The van der Waals surface area contributed by atoms with Gasteiger partial charge in [0, 0.05) is 44.9 Å². The molecule has 1 N–H and O–H groups in total. The number of aromatic nitrogens is 2. The lowest BCUT2D eigenvalue weighted by Crippen LogP contribution is -2.49. The number of piperidine rings is 2. The summed E-state index contributed by atoms with van der Waals surface area (Å²) in [6.07, 6.45) is 4.67. The summed E-state index contributed by atoms with van der Waals surface area (Å²) >= 11 is 0. The summed E-state index contributed by atoms with van der Waals surface area (Å²) in [6, 6.07) is 10.1. The van der Waals surface area contributed by atoms with E-state index in [0.29, 0.717) is 17.8 Å². The highest BCUT2D eigenvalue weighted by Crippen LogP contribution is 2.29. The topological polar surface area (TPSA) is 70.7 Å². The molecule has 7 heteroatoms. The number of nitrogens with zero attached hydrogens (tertiary/aromatic N) is 3. The average molecular weight is 399 g/mol. The number of nitrogens with one attached hydrogen (secondary N) is 1. The third-order valence-electron chi connectivity index (χ3n) is 6.27. The molecule has 2 saturated heterocycles. The smallest absolute Gasteiger partial charge is 0.271 e. The van der Waals surface area contributed by atoms with Crippen LogP contribution in [0.5, 0.6) is 5.75 Å². The Morgan fingerprint density at radius 1 is 1.07 bits per heavy atom. The molecular weight excluding hydrogens is 368 g/mol. The Hall–Kier alpha value is -2.38. The maximum Gasteiger partial charge on any atom is 0.271 e. The van der Waals surface area contributed by atoms with Crippen LogP contribution in [0, 0.1) is 0 Å². The molecule has 0 atom stereocenters. The molecule has 1 aromatic heterocycles. The summed E-state index contributed by atoms with van der Waals surface area (Å²) in [5, 5.41) is 7.26. The molecule has 156 valence electrons. The van der Waals surface area contributed by atoms with Gasteiger partial charge in [-0.3, -0.25) is 9.89 Å². The third kappa shape index (κ3) is 4.31. The van der Waals surface area contributed by atoms with Gasteiger partial charge in [0.05, 0.1) is 18.9 Å². The Kier molecular flexibility index (Phi) is 6.16. The zero-order valence-corrected chi connectivity index (χ0v) is 17.3. The van der Waals surface area contributed by atoms with Crippen molar-refractivity contribution < 1.29 is 14.3 Å². The average Bonchev–Trinajstić information content (AvgIpc) is 3.29. The molecule has 2 fully saturated rings. The normalized spacial score (nSPS) is 19.4. The van der Waals surface area contributed by atoms with Gasteiger partial charge in [0.2, 0.25) is 0 Å². The van der Waals surface area contributed by atoms with Crippen LogP contribution in [0.15, 0.2) is 30.3 Å². The van der Waals surface area contributed by atoms with Gasteiger partial charge < -0.3 is 19.3 Å². The molecule has 0 bridgehead atoms. The van der Waals surface area contributed by atoms with Crippen molar-refractivity contribution in [1.82, 2.24) is 20.0 Å². The summed E-state index contributed by atoms with van der Waals surface area (Å²) in [4.78, 5) is 17.5. The monoisotopic (exact) mass is 398 g/mol. The van der Waals surface area contributed by atoms with Gasteiger partial charge in [0.1, 0.15) is 11.4 Å². The van der Waals surface area contributed by atoms with Crippen LogP contribution in [0.4, 0.5) is 0 Å². The maximum atomic E-state index is 13.0. The fourth-order valence-electron chi connectivity index (χ4n) is 4.51. The fraction of sp³-hybridized carbons (Fsp3) is 0.545. The van der Waals surface area contributed by atoms with E-state index in [2.05, 4.69) is 15.1 Å². The highest BCUT2D eigenvalue weighted by atomic mass is 16.5. The Morgan fingerprint density at radius 2 is 1.79 bits per heavy atom. The van der Waals surface area contributed by atoms with Crippen molar-refractivity contribution in [2.75, 3.05) is 40.4 Å². The molecule has 0 unspecified atom stereocenters. The molecule has 0 spiro atoms. The number of H-pyrrole nitrogens is 1. The number of carbonyl (C=O) groups excluding carboxylic acids is 1. The molecule has 3 heterocycles. The second-order valence-electron chi connectivity index (χ2n) is 7.86. The minimum Gasteiger partial charge on any atom is -0.496 e. The van der Waals surface area contributed by atoms with Crippen molar-refractivity contribution >= 4 is 5.91 Å². The molecule has 0 aliphatic carbocycles. The number of likely N-dealkylation sites (tertiary alicyclic amines) is 2. The summed E-state index contributed by atoms with van der Waals surface area (Å²) in [7, 11) is 3.44. The van der Waals surface area contributed by atoms with Gasteiger partial charge in [-0.1, -0.05) is 12.1 Å². The molecule has 1 amide bonds. The van der Waals surface area contributed by atoms with Gasteiger partial charge in [0.25, 0.3) is 5.91 Å². The van der Waals surface area contributed by atoms with Crippen LogP contribution >= 0.6 is 0 Å². The Balaban J connectivity index is 1.35. The first-order chi connectivity index (χ1) is 14.2. The second kappa shape index (κ2) is 8.97. The predicted molar refractivity (Wildman–Crippen MR) is 111 cm³/mol. The predicted octanol–water partition coefficient (Wildman–Crippen LogP) is 2.80. The highest BCUT2D eigenvalue weighted by molar-refractivity contribution is 5.93. The summed E-state index contributed by atoms with van der Waals surface area (Å²) in [6.45, 7) is 3.77. The van der Waals surface area contributed by atoms with Crippen LogP contribution in [0.1, 0.15) is 36.2 Å². The zero-order valence-electron chi connectivity index (χ0n) is 17.3. The van der Waals surface area contributed by atoms with Gasteiger partial charge in [-0.25, -0.2) is 0 Å². The number of rotatable bonds is 5. The standard InChI is InChI=1S/C22H30N4O3/c1-28-17-9-13-25(14-10-17)16-7-11-26(12-8-16)22(27)20-15-19(23-24-20)18-5-3-4-6-21(18)29-2/h3-6,15-17H,7-14H2,1-2H3,(H,23,24). The van der Waals surface area contributed by atoms with E-state index in [9.17, 15) is 4.79 Å². The van der Waals surface area contributed by atoms with E-state index in [1.165, 1.54) is 0 Å². The van der Waals surface area contributed by atoms with Crippen LogP contribution in [-0.2, 0) is 4.74 Å². The maximum absolute atomic E-state index is 13.0. The SMILES string of the molecule is COc1ccccc1-c1cc(C(=O)N2CCC(N3CCC(OC)CC3)CC2)[nH]n1. The molecule has 1 aromatic carbocycles. The van der Waals surface area contributed by atoms with Crippen LogP contribution in [-0.4, -0.2) is 78.4 Å². The van der Waals surface area contributed by atoms with Crippen LogP contribution in [0.2, 0.25) is 0 Å². The first kappa shape index (κ1) is 19.9. The van der Waals surface area contributed by atoms with Gasteiger partial charge >= 0.3 is 0 Å². The molecule has 0 saturated carbocycles. The minimum atomic E-state index is 0.0233. The molecule has 2 aromatic rings. The van der Waals surface area contributed by atoms with Crippen molar-refractivity contribution in [2.45, 2.75) is 37.8 Å². The molecule has 4 rings (SSSR count). The lowest BCUT2D eigenvalue weighted by molar-refractivity contribution is 0.0145. The van der Waals surface area contributed by atoms with Crippen molar-refractivity contribution in [1.29, 1.82) is 0 Å². The lowest BCUT2D eigenvalue weighted by atomic mass is 9.98. The summed E-state index contributed by atoms with van der Waals surface area (Å²) in [5.41, 5.74) is 2.13. The second-order valence-corrected chi connectivity index (χ2v) is 7.86. The first-order valence-electron chi connectivity index (χ1n) is 10.4. The first-order valence-corrected chi connectivity index (χ1v) is 10.4. The molecule has 2 aliphatic heterocycles. The molecule has 0 radical (unpaired) electrons. The number of hydrogen-bond acceptors (Lipinski definition) is 5. The van der Waals surface area contributed by atoms with E-state index < -0.39 is 0 Å². The molecule has 2 aliphatic rings. The zero-order chi connectivity index (χ0) is 20.2. The molecule has 29 heavy (non-hydrogen) atoms. The number of hydrogen-bond donors (Lipinski definition) is 1. The number of para-hydroxylation sites is 1. The Bertz CT molecular complexity index is 821. The van der Waals surface area contributed by atoms with Crippen molar-refractivity contribution in [2.24, 2.45) is 0 Å². The van der Waals surface area contributed by atoms with E-state index in [0.717, 1.165) is 68.9 Å². The highest BCUT2D eigenvalue weighted by Gasteiger charge is 2.30. The summed E-state index contributed by atoms with van der Waals surface area (Å²) < 4.78 is 10.9. The minimum absolute atomic E-state index is 0.0233. The molecular formula is C22H30N4O3. The number of methoxy groups -OCH3 is 2. The Labute approximate surface area is 172 Å². The number of carbonyl (C=O) groups is 1. The van der Waals surface area contributed by atoms with E-state index in [1.54, 1.807) is 14.2 Å². The van der Waals surface area contributed by atoms with Crippen LogP contribution < -0.4 is 4.74 Å². The number of aromatic amines is 1. The van der Waals surface area contributed by atoms with Crippen LogP contribution in [0.25, 0.3) is 11.3 Å². The number of benzene rings is 1. The Morgan fingerprint density at radius 3 is 2.48 bits per heavy atom. The van der Waals surface area contributed by atoms with Crippen molar-refractivity contribution in [3.05, 3.63) is 36.0 Å². The van der Waals surface area contributed by atoms with E-state index in [-0.39, 0.29) is 5.91 Å². The lowest BCUT2D eigenvalue weighted by Gasteiger charge is -2.41.